The Morgan fingerprint density at radius 3 is 2.61 bits per heavy atom. The van der Waals surface area contributed by atoms with Gasteiger partial charge < -0.3 is 15.0 Å². The van der Waals surface area contributed by atoms with Crippen molar-refractivity contribution in [1.82, 2.24) is 10.2 Å². The summed E-state index contributed by atoms with van der Waals surface area (Å²) in [6.45, 7) is 9.44. The van der Waals surface area contributed by atoms with Crippen molar-refractivity contribution in [2.45, 2.75) is 39.8 Å². The maximum atomic E-state index is 12.8. The van der Waals surface area contributed by atoms with Crippen molar-refractivity contribution in [1.29, 1.82) is 0 Å². The van der Waals surface area contributed by atoms with E-state index in [4.69, 9.17) is 4.74 Å². The molecule has 1 heterocycles. The molecule has 0 saturated carbocycles. The summed E-state index contributed by atoms with van der Waals surface area (Å²) in [5.41, 5.74) is 1.52. The van der Waals surface area contributed by atoms with Crippen LogP contribution in [0.3, 0.4) is 0 Å². The molecule has 1 aromatic rings. The van der Waals surface area contributed by atoms with Crippen molar-refractivity contribution in [3.8, 4) is 0 Å². The van der Waals surface area contributed by atoms with E-state index in [1.54, 1.807) is 11.0 Å². The van der Waals surface area contributed by atoms with Crippen molar-refractivity contribution in [2.24, 2.45) is 5.92 Å². The van der Waals surface area contributed by atoms with Gasteiger partial charge in [-0.05, 0) is 31.4 Å². The van der Waals surface area contributed by atoms with E-state index in [9.17, 15) is 9.59 Å². The molecule has 1 saturated heterocycles. The van der Waals surface area contributed by atoms with Gasteiger partial charge >= 0.3 is 0 Å². The van der Waals surface area contributed by atoms with E-state index in [1.807, 2.05) is 45.9 Å². The van der Waals surface area contributed by atoms with E-state index < -0.39 is 6.04 Å². The Morgan fingerprint density at radius 1 is 1.30 bits per heavy atom. The zero-order valence-corrected chi connectivity index (χ0v) is 14.3. The van der Waals surface area contributed by atoms with Crippen molar-refractivity contribution in [3.05, 3.63) is 35.4 Å². The fraction of sp³-hybridized carbons (Fsp3) is 0.556. The summed E-state index contributed by atoms with van der Waals surface area (Å²) in [7, 11) is 0. The number of aryl methyl sites for hydroxylation is 1. The van der Waals surface area contributed by atoms with Gasteiger partial charge in [0.25, 0.3) is 5.91 Å². The standard InChI is InChI=1S/C18H26N2O3/c1-12(2)16(18(22)20-9-10-23-14(4)11-20)19-17(21)15-8-6-5-7-13(15)3/h5-8,12,14,16H,9-11H2,1-4H3,(H,19,21). The fourth-order valence-corrected chi connectivity index (χ4v) is 2.78. The van der Waals surface area contributed by atoms with E-state index in [-0.39, 0.29) is 23.8 Å². The molecule has 2 amide bonds. The van der Waals surface area contributed by atoms with Gasteiger partial charge in [-0.3, -0.25) is 9.59 Å². The maximum absolute atomic E-state index is 12.8. The van der Waals surface area contributed by atoms with Gasteiger partial charge in [0.05, 0.1) is 12.7 Å². The number of benzene rings is 1. The van der Waals surface area contributed by atoms with Crippen LogP contribution in [-0.2, 0) is 9.53 Å². The van der Waals surface area contributed by atoms with Gasteiger partial charge in [0.15, 0.2) is 0 Å². The van der Waals surface area contributed by atoms with Gasteiger partial charge in [-0.15, -0.1) is 0 Å². The third-order valence-electron chi connectivity index (χ3n) is 4.16. The molecule has 0 aromatic heterocycles. The Balaban J connectivity index is 2.11. The summed E-state index contributed by atoms with van der Waals surface area (Å²) in [6, 6.07) is 6.88. The molecule has 0 bridgehead atoms. The topological polar surface area (TPSA) is 58.6 Å². The molecule has 126 valence electrons. The number of amides is 2. The number of carbonyl (C=O) groups excluding carboxylic acids is 2. The van der Waals surface area contributed by atoms with Crippen LogP contribution in [-0.4, -0.2) is 48.6 Å². The summed E-state index contributed by atoms with van der Waals surface area (Å²) in [6.07, 6.45) is 0.0348. The molecule has 23 heavy (non-hydrogen) atoms. The largest absolute Gasteiger partial charge is 0.375 e. The Bertz CT molecular complexity index is 571. The number of carbonyl (C=O) groups is 2. The number of hydrogen-bond acceptors (Lipinski definition) is 3. The number of nitrogens with zero attached hydrogens (tertiary/aromatic N) is 1. The van der Waals surface area contributed by atoms with E-state index in [2.05, 4.69) is 5.32 Å². The molecule has 0 spiro atoms. The summed E-state index contributed by atoms with van der Waals surface area (Å²) in [5.74, 6) is -0.206. The first-order chi connectivity index (χ1) is 10.9. The summed E-state index contributed by atoms with van der Waals surface area (Å²) >= 11 is 0. The molecule has 1 aromatic carbocycles. The monoisotopic (exact) mass is 318 g/mol. The van der Waals surface area contributed by atoms with Gasteiger partial charge in [0.2, 0.25) is 5.91 Å². The van der Waals surface area contributed by atoms with Crippen LogP contribution in [0.1, 0.15) is 36.7 Å². The van der Waals surface area contributed by atoms with E-state index in [0.29, 0.717) is 25.3 Å². The molecule has 1 N–H and O–H groups in total. The van der Waals surface area contributed by atoms with E-state index in [1.165, 1.54) is 0 Å². The Labute approximate surface area is 138 Å². The Hall–Kier alpha value is -1.88. The minimum Gasteiger partial charge on any atom is -0.375 e. The number of ether oxygens (including phenoxy) is 1. The molecule has 0 aliphatic carbocycles. The predicted molar refractivity (Wildman–Crippen MR) is 89.3 cm³/mol. The molecular formula is C18H26N2O3. The minimum absolute atomic E-state index is 0.0219. The summed E-state index contributed by atoms with van der Waals surface area (Å²) < 4.78 is 5.48. The fourth-order valence-electron chi connectivity index (χ4n) is 2.78. The summed E-state index contributed by atoms with van der Waals surface area (Å²) in [5, 5.41) is 2.91. The zero-order valence-electron chi connectivity index (χ0n) is 14.3. The van der Waals surface area contributed by atoms with Crippen LogP contribution in [0.15, 0.2) is 24.3 Å². The first-order valence-corrected chi connectivity index (χ1v) is 8.17. The van der Waals surface area contributed by atoms with Crippen molar-refractivity contribution in [3.63, 3.8) is 0 Å². The lowest BCUT2D eigenvalue weighted by Gasteiger charge is -2.35. The van der Waals surface area contributed by atoms with Crippen LogP contribution in [0, 0.1) is 12.8 Å². The van der Waals surface area contributed by atoms with Gasteiger partial charge in [-0.2, -0.15) is 0 Å². The number of rotatable bonds is 4. The van der Waals surface area contributed by atoms with Crippen molar-refractivity contribution in [2.75, 3.05) is 19.7 Å². The first-order valence-electron chi connectivity index (χ1n) is 8.17. The lowest BCUT2D eigenvalue weighted by molar-refractivity contribution is -0.141. The second-order valence-corrected chi connectivity index (χ2v) is 6.48. The first kappa shape index (κ1) is 17.5. The van der Waals surface area contributed by atoms with Crippen LogP contribution in [0.2, 0.25) is 0 Å². The third-order valence-corrected chi connectivity index (χ3v) is 4.16. The average molecular weight is 318 g/mol. The van der Waals surface area contributed by atoms with E-state index in [0.717, 1.165) is 5.56 Å². The van der Waals surface area contributed by atoms with Crippen molar-refractivity contribution >= 4 is 11.8 Å². The molecule has 1 aliphatic rings. The highest BCUT2D eigenvalue weighted by molar-refractivity contribution is 5.98. The number of morpholine rings is 1. The van der Waals surface area contributed by atoms with Gasteiger partial charge in [-0.25, -0.2) is 0 Å². The molecule has 5 heteroatoms. The molecule has 2 rings (SSSR count). The molecule has 1 fully saturated rings. The Kier molecular flexibility index (Phi) is 5.77. The Morgan fingerprint density at radius 2 is 2.00 bits per heavy atom. The zero-order chi connectivity index (χ0) is 17.0. The normalized spacial score (nSPS) is 19.5. The SMILES string of the molecule is Cc1ccccc1C(=O)NC(C(=O)N1CCOC(C)C1)C(C)C. The average Bonchev–Trinajstić information content (AvgIpc) is 2.52. The molecular weight excluding hydrogens is 292 g/mol. The quantitative estimate of drug-likeness (QED) is 0.924. The van der Waals surface area contributed by atoms with Gasteiger partial charge in [-0.1, -0.05) is 32.0 Å². The lowest BCUT2D eigenvalue weighted by Crippen LogP contribution is -2.55. The second-order valence-electron chi connectivity index (χ2n) is 6.48. The third kappa shape index (κ3) is 4.32. The minimum atomic E-state index is -0.521. The highest BCUT2D eigenvalue weighted by atomic mass is 16.5. The van der Waals surface area contributed by atoms with Crippen LogP contribution in [0.25, 0.3) is 0 Å². The highest BCUT2D eigenvalue weighted by Crippen LogP contribution is 2.13. The molecule has 0 radical (unpaired) electrons. The van der Waals surface area contributed by atoms with Crippen molar-refractivity contribution < 1.29 is 14.3 Å². The van der Waals surface area contributed by atoms with Crippen LogP contribution in [0.4, 0.5) is 0 Å². The summed E-state index contributed by atoms with van der Waals surface area (Å²) in [4.78, 5) is 27.1. The smallest absolute Gasteiger partial charge is 0.252 e. The number of hydrogen-bond donors (Lipinski definition) is 1. The predicted octanol–water partition coefficient (Wildman–Crippen LogP) is 2.00. The lowest BCUT2D eigenvalue weighted by atomic mass is 10.0. The van der Waals surface area contributed by atoms with Crippen LogP contribution in [0.5, 0.6) is 0 Å². The molecule has 2 unspecified atom stereocenters. The molecule has 5 nitrogen and oxygen atoms in total. The van der Waals surface area contributed by atoms with Gasteiger partial charge in [0.1, 0.15) is 6.04 Å². The molecule has 1 aliphatic heterocycles. The highest BCUT2D eigenvalue weighted by Gasteiger charge is 2.31. The maximum Gasteiger partial charge on any atom is 0.252 e. The second kappa shape index (κ2) is 7.59. The van der Waals surface area contributed by atoms with Crippen LogP contribution >= 0.6 is 0 Å². The van der Waals surface area contributed by atoms with E-state index >= 15 is 0 Å². The number of nitrogens with one attached hydrogen (secondary N) is 1. The molecule has 2 atom stereocenters. The van der Waals surface area contributed by atoms with Crippen LogP contribution < -0.4 is 5.32 Å². The van der Waals surface area contributed by atoms with Gasteiger partial charge in [0, 0.05) is 18.7 Å².